The van der Waals surface area contributed by atoms with Gasteiger partial charge in [0.2, 0.25) is 10.0 Å². The van der Waals surface area contributed by atoms with Crippen LogP contribution in [0, 0.1) is 5.82 Å². The molecule has 0 aliphatic carbocycles. The lowest BCUT2D eigenvalue weighted by molar-refractivity contribution is 0.407. The summed E-state index contributed by atoms with van der Waals surface area (Å²) in [5, 5.41) is 8.07. The molecule has 0 aliphatic rings. The van der Waals surface area contributed by atoms with E-state index >= 15 is 0 Å². The molecule has 29 heavy (non-hydrogen) atoms. The summed E-state index contributed by atoms with van der Waals surface area (Å²) in [5.74, 6) is 0.968. The van der Waals surface area contributed by atoms with E-state index in [1.54, 1.807) is 23.6 Å². The molecule has 8 nitrogen and oxygen atoms in total. The van der Waals surface area contributed by atoms with Gasteiger partial charge in [-0.3, -0.25) is 4.57 Å². The molecule has 0 saturated heterocycles. The maximum absolute atomic E-state index is 13.1. The number of methoxy groups -OCH3 is 1. The van der Waals surface area contributed by atoms with Crippen LogP contribution >= 0.6 is 0 Å². The van der Waals surface area contributed by atoms with Gasteiger partial charge >= 0.3 is 6.01 Å². The fourth-order valence-electron chi connectivity index (χ4n) is 2.71. The van der Waals surface area contributed by atoms with Crippen molar-refractivity contribution in [3.63, 3.8) is 0 Å². The fourth-order valence-corrected chi connectivity index (χ4v) is 3.91. The largest absolute Gasteiger partial charge is 0.497 e. The summed E-state index contributed by atoms with van der Waals surface area (Å²) in [5.41, 5.74) is 0. The SMILES string of the molecule is CCn1c(Oc2ccc(F)cc2)nnc1C(C)NS(=O)(=O)c1ccc(OC)cc1. The van der Waals surface area contributed by atoms with Crippen LogP contribution in [0.3, 0.4) is 0 Å². The molecule has 0 amide bonds. The van der Waals surface area contributed by atoms with Crippen molar-refractivity contribution in [1.29, 1.82) is 0 Å². The average Bonchev–Trinajstić information content (AvgIpc) is 3.12. The van der Waals surface area contributed by atoms with Crippen LogP contribution in [0.2, 0.25) is 0 Å². The molecule has 0 bridgehead atoms. The van der Waals surface area contributed by atoms with Gasteiger partial charge in [-0.1, -0.05) is 5.10 Å². The van der Waals surface area contributed by atoms with Crippen LogP contribution in [-0.2, 0) is 16.6 Å². The number of benzene rings is 2. The molecular weight excluding hydrogens is 399 g/mol. The molecule has 3 rings (SSSR count). The molecule has 0 saturated carbocycles. The predicted octanol–water partition coefficient (Wildman–Crippen LogP) is 3.28. The Hall–Kier alpha value is -2.98. The van der Waals surface area contributed by atoms with Gasteiger partial charge in [0, 0.05) is 6.54 Å². The maximum atomic E-state index is 13.1. The molecule has 10 heteroatoms. The van der Waals surface area contributed by atoms with Gasteiger partial charge in [-0.25, -0.2) is 17.5 Å². The first-order valence-electron chi connectivity index (χ1n) is 8.87. The van der Waals surface area contributed by atoms with Crippen LogP contribution in [0.5, 0.6) is 17.5 Å². The molecule has 1 N–H and O–H groups in total. The Labute approximate surface area is 168 Å². The highest BCUT2D eigenvalue weighted by Crippen LogP contribution is 2.24. The molecule has 154 valence electrons. The van der Waals surface area contributed by atoms with E-state index in [0.717, 1.165) is 0 Å². The Morgan fingerprint density at radius 2 is 1.69 bits per heavy atom. The Kier molecular flexibility index (Phi) is 6.14. The molecule has 1 aromatic heterocycles. The summed E-state index contributed by atoms with van der Waals surface area (Å²) in [6.07, 6.45) is 0. The standard InChI is InChI=1S/C19H21FN4O4S/c1-4-24-18(21-22-19(24)28-16-7-5-14(20)6-8-16)13(2)23-29(25,26)17-11-9-15(27-3)10-12-17/h5-13,23H,4H2,1-3H3. The maximum Gasteiger partial charge on any atom is 0.322 e. The van der Waals surface area contributed by atoms with Gasteiger partial charge in [0.1, 0.15) is 17.3 Å². The average molecular weight is 420 g/mol. The molecule has 2 aromatic carbocycles. The number of hydrogen-bond acceptors (Lipinski definition) is 6. The highest BCUT2D eigenvalue weighted by molar-refractivity contribution is 7.89. The van der Waals surface area contributed by atoms with Crippen molar-refractivity contribution in [1.82, 2.24) is 19.5 Å². The minimum absolute atomic E-state index is 0.107. The summed E-state index contributed by atoms with van der Waals surface area (Å²) >= 11 is 0. The van der Waals surface area contributed by atoms with Gasteiger partial charge in [-0.2, -0.15) is 0 Å². The minimum Gasteiger partial charge on any atom is -0.497 e. The van der Waals surface area contributed by atoms with Crippen LogP contribution < -0.4 is 14.2 Å². The second-order valence-corrected chi connectivity index (χ2v) is 7.87. The Morgan fingerprint density at radius 1 is 1.07 bits per heavy atom. The first-order chi connectivity index (χ1) is 13.8. The third-order valence-corrected chi connectivity index (χ3v) is 5.73. The monoisotopic (exact) mass is 420 g/mol. The number of sulfonamides is 1. The van der Waals surface area contributed by atoms with Crippen molar-refractivity contribution in [2.75, 3.05) is 7.11 Å². The van der Waals surface area contributed by atoms with Crippen molar-refractivity contribution in [2.24, 2.45) is 0 Å². The molecule has 0 radical (unpaired) electrons. The third kappa shape index (κ3) is 4.72. The lowest BCUT2D eigenvalue weighted by Gasteiger charge is -2.15. The molecule has 3 aromatic rings. The van der Waals surface area contributed by atoms with Crippen LogP contribution in [-0.4, -0.2) is 30.3 Å². The van der Waals surface area contributed by atoms with Crippen molar-refractivity contribution < 1.29 is 22.3 Å². The van der Waals surface area contributed by atoms with E-state index in [0.29, 0.717) is 23.9 Å². The van der Waals surface area contributed by atoms with E-state index in [4.69, 9.17) is 9.47 Å². The van der Waals surface area contributed by atoms with Crippen LogP contribution in [0.4, 0.5) is 4.39 Å². The molecule has 1 unspecified atom stereocenters. The Bertz CT molecular complexity index is 1070. The van der Waals surface area contributed by atoms with Crippen LogP contribution in [0.25, 0.3) is 0 Å². The van der Waals surface area contributed by atoms with Crippen molar-refractivity contribution in [3.05, 3.63) is 60.2 Å². The number of rotatable bonds is 8. The number of aromatic nitrogens is 3. The first-order valence-corrected chi connectivity index (χ1v) is 10.3. The number of nitrogens with zero attached hydrogens (tertiary/aromatic N) is 3. The summed E-state index contributed by atoms with van der Waals surface area (Å²) in [6, 6.07) is 11.1. The summed E-state index contributed by atoms with van der Waals surface area (Å²) in [6.45, 7) is 3.97. The molecular formula is C19H21FN4O4S. The van der Waals surface area contributed by atoms with Gasteiger partial charge < -0.3 is 9.47 Å². The zero-order valence-corrected chi connectivity index (χ0v) is 17.0. The highest BCUT2D eigenvalue weighted by atomic mass is 32.2. The molecule has 0 fully saturated rings. The fraction of sp³-hybridized carbons (Fsp3) is 0.263. The zero-order chi connectivity index (χ0) is 21.0. The number of halogens is 1. The number of hydrogen-bond donors (Lipinski definition) is 1. The first kappa shape index (κ1) is 20.7. The van der Waals surface area contributed by atoms with Crippen molar-refractivity contribution >= 4 is 10.0 Å². The Morgan fingerprint density at radius 3 is 2.28 bits per heavy atom. The van der Waals surface area contributed by atoms with E-state index in [1.165, 1.54) is 43.5 Å². The van der Waals surface area contributed by atoms with Crippen molar-refractivity contribution in [2.45, 2.75) is 31.3 Å². The van der Waals surface area contributed by atoms with E-state index in [-0.39, 0.29) is 16.7 Å². The molecule has 1 atom stereocenters. The molecule has 0 spiro atoms. The third-order valence-electron chi connectivity index (χ3n) is 4.17. The highest BCUT2D eigenvalue weighted by Gasteiger charge is 2.24. The number of ether oxygens (including phenoxy) is 2. The second-order valence-electron chi connectivity index (χ2n) is 6.16. The predicted molar refractivity (Wildman–Crippen MR) is 104 cm³/mol. The summed E-state index contributed by atoms with van der Waals surface area (Å²) in [4.78, 5) is 0.107. The normalized spacial score (nSPS) is 12.6. The Balaban J connectivity index is 1.80. The molecule has 1 heterocycles. The van der Waals surface area contributed by atoms with Gasteiger partial charge in [0.15, 0.2) is 5.82 Å². The van der Waals surface area contributed by atoms with E-state index in [9.17, 15) is 12.8 Å². The summed E-state index contributed by atoms with van der Waals surface area (Å²) in [7, 11) is -2.27. The van der Waals surface area contributed by atoms with Crippen LogP contribution in [0.15, 0.2) is 53.4 Å². The lowest BCUT2D eigenvalue weighted by Crippen LogP contribution is -2.29. The topological polar surface area (TPSA) is 95.3 Å². The van der Waals surface area contributed by atoms with Gasteiger partial charge in [-0.05, 0) is 62.4 Å². The lowest BCUT2D eigenvalue weighted by atomic mass is 10.3. The second kappa shape index (κ2) is 8.58. The van der Waals surface area contributed by atoms with E-state index in [1.807, 2.05) is 6.92 Å². The quantitative estimate of drug-likeness (QED) is 0.601. The van der Waals surface area contributed by atoms with Gasteiger partial charge in [0.25, 0.3) is 0 Å². The smallest absolute Gasteiger partial charge is 0.322 e. The van der Waals surface area contributed by atoms with E-state index in [2.05, 4.69) is 14.9 Å². The zero-order valence-electron chi connectivity index (χ0n) is 16.2. The number of nitrogens with one attached hydrogen (secondary N) is 1. The van der Waals surface area contributed by atoms with Gasteiger partial charge in [0.05, 0.1) is 18.0 Å². The van der Waals surface area contributed by atoms with Gasteiger partial charge in [-0.15, -0.1) is 5.10 Å². The minimum atomic E-state index is -3.78. The summed E-state index contributed by atoms with van der Waals surface area (Å²) < 4.78 is 53.3. The van der Waals surface area contributed by atoms with Crippen LogP contribution in [0.1, 0.15) is 25.7 Å². The van der Waals surface area contributed by atoms with E-state index < -0.39 is 16.1 Å². The molecule has 0 aliphatic heterocycles. The van der Waals surface area contributed by atoms with Crippen molar-refractivity contribution in [3.8, 4) is 17.5 Å².